The van der Waals surface area contributed by atoms with Gasteiger partial charge in [0.1, 0.15) is 0 Å². The van der Waals surface area contributed by atoms with Crippen LogP contribution in [-0.4, -0.2) is 24.2 Å². The molecule has 2 aromatic carbocycles. The Morgan fingerprint density at radius 3 is 1.62 bits per heavy atom. The first-order valence-electron chi connectivity index (χ1n) is 9.30. The van der Waals surface area contributed by atoms with Crippen molar-refractivity contribution in [3.8, 4) is 0 Å². The number of esters is 1. The number of aryl methyl sites for hydroxylation is 2. The van der Waals surface area contributed by atoms with Crippen molar-refractivity contribution in [2.75, 3.05) is 17.7 Å². The molecule has 0 heterocycles. The molecule has 0 saturated carbocycles. The number of ether oxygens (including phenoxy) is 1. The largest absolute Gasteiger partial charge is 0.478 e. The fourth-order valence-corrected chi connectivity index (χ4v) is 3.17. The summed E-state index contributed by atoms with van der Waals surface area (Å²) in [4.78, 5) is 24.4. The van der Waals surface area contributed by atoms with E-state index in [0.717, 1.165) is 22.5 Å². The predicted molar refractivity (Wildman–Crippen MR) is 113 cm³/mol. The monoisotopic (exact) mass is 392 g/mol. The minimum atomic E-state index is -1.02. The molecule has 3 rings (SSSR count). The summed E-state index contributed by atoms with van der Waals surface area (Å²) in [6.45, 7) is 3.96. The van der Waals surface area contributed by atoms with Crippen LogP contribution in [-0.2, 0) is 14.3 Å². The quantitative estimate of drug-likeness (QED) is 0.632. The topological polar surface area (TPSA) is 87.7 Å². The lowest BCUT2D eigenvalue weighted by atomic mass is 9.92. The highest BCUT2D eigenvalue weighted by Crippen LogP contribution is 2.32. The van der Waals surface area contributed by atoms with Gasteiger partial charge in [0.2, 0.25) is 0 Å². The molecular formula is C23H24N2O4. The van der Waals surface area contributed by atoms with Crippen molar-refractivity contribution >= 4 is 23.3 Å². The first-order valence-corrected chi connectivity index (χ1v) is 9.30. The summed E-state index contributed by atoms with van der Waals surface area (Å²) in [6.07, 6.45) is 0.220. The zero-order valence-corrected chi connectivity index (χ0v) is 16.7. The van der Waals surface area contributed by atoms with Crippen molar-refractivity contribution in [2.24, 2.45) is 0 Å². The molecule has 0 amide bonds. The van der Waals surface area contributed by atoms with Gasteiger partial charge in [-0.1, -0.05) is 35.4 Å². The fourth-order valence-electron chi connectivity index (χ4n) is 3.17. The molecule has 0 radical (unpaired) electrons. The highest BCUT2D eigenvalue weighted by atomic mass is 16.5. The van der Waals surface area contributed by atoms with Gasteiger partial charge in [-0.05, 0) is 38.1 Å². The van der Waals surface area contributed by atoms with Crippen LogP contribution in [0.3, 0.4) is 0 Å². The molecule has 0 spiro atoms. The number of carbonyl (C=O) groups is 2. The first-order chi connectivity index (χ1) is 13.9. The Balaban J connectivity index is 1.94. The van der Waals surface area contributed by atoms with Gasteiger partial charge in [0, 0.05) is 35.6 Å². The number of allylic oxidation sites excluding steroid dienone is 2. The lowest BCUT2D eigenvalue weighted by Crippen LogP contribution is -2.23. The van der Waals surface area contributed by atoms with Crippen molar-refractivity contribution in [3.05, 3.63) is 82.2 Å². The van der Waals surface area contributed by atoms with Crippen LogP contribution >= 0.6 is 0 Å². The van der Waals surface area contributed by atoms with Crippen LogP contribution in [0.1, 0.15) is 24.0 Å². The first kappa shape index (κ1) is 20.2. The fraction of sp³-hybridized carbons (Fsp3) is 0.217. The minimum absolute atomic E-state index is 0.0852. The summed E-state index contributed by atoms with van der Waals surface area (Å²) < 4.78 is 4.95. The number of methoxy groups -OCH3 is 1. The standard InChI is InChI=1S/C23H24N2O4/c1-14-4-8-16(9-5-14)24-20-13-19(23(28)29-3)21(12-18(20)22(26)27)25-17-10-6-15(2)7-11-17/h4-11,24-25H,12-13H2,1-3H3,(H,26,27). The molecule has 2 aromatic rings. The van der Waals surface area contributed by atoms with E-state index in [-0.39, 0.29) is 18.4 Å². The Hall–Kier alpha value is -3.54. The predicted octanol–water partition coefficient (Wildman–Crippen LogP) is 4.39. The van der Waals surface area contributed by atoms with Crippen LogP contribution in [0, 0.1) is 13.8 Å². The van der Waals surface area contributed by atoms with E-state index in [4.69, 9.17) is 4.74 Å². The number of carboxylic acid groups (broad SMARTS) is 1. The van der Waals surface area contributed by atoms with Gasteiger partial charge in [0.25, 0.3) is 0 Å². The smallest absolute Gasteiger partial charge is 0.335 e. The number of rotatable bonds is 6. The average Bonchev–Trinajstić information content (AvgIpc) is 2.71. The maximum atomic E-state index is 12.4. The van der Waals surface area contributed by atoms with Gasteiger partial charge in [-0.25, -0.2) is 9.59 Å². The van der Waals surface area contributed by atoms with E-state index in [1.165, 1.54) is 7.11 Å². The van der Waals surface area contributed by atoms with Gasteiger partial charge < -0.3 is 20.5 Å². The molecule has 0 aromatic heterocycles. The molecule has 0 saturated heterocycles. The van der Waals surface area contributed by atoms with Crippen molar-refractivity contribution in [1.29, 1.82) is 0 Å². The molecule has 0 unspecified atom stereocenters. The Bertz CT molecular complexity index is 987. The number of carboxylic acids is 1. The van der Waals surface area contributed by atoms with E-state index in [2.05, 4.69) is 10.6 Å². The van der Waals surface area contributed by atoms with E-state index in [1.54, 1.807) is 0 Å². The van der Waals surface area contributed by atoms with Crippen LogP contribution in [0.25, 0.3) is 0 Å². The van der Waals surface area contributed by atoms with Crippen LogP contribution in [0.15, 0.2) is 71.1 Å². The highest BCUT2D eigenvalue weighted by Gasteiger charge is 2.29. The summed E-state index contributed by atoms with van der Waals surface area (Å²) in [7, 11) is 1.32. The van der Waals surface area contributed by atoms with Crippen LogP contribution in [0.5, 0.6) is 0 Å². The summed E-state index contributed by atoms with van der Waals surface area (Å²) in [5.74, 6) is -1.50. The minimum Gasteiger partial charge on any atom is -0.478 e. The van der Waals surface area contributed by atoms with E-state index in [0.29, 0.717) is 17.0 Å². The molecule has 6 nitrogen and oxygen atoms in total. The molecule has 0 aliphatic heterocycles. The summed E-state index contributed by atoms with van der Waals surface area (Å²) in [6, 6.07) is 15.3. The van der Waals surface area contributed by atoms with Crippen LogP contribution in [0.4, 0.5) is 11.4 Å². The zero-order chi connectivity index (χ0) is 21.0. The second-order valence-corrected chi connectivity index (χ2v) is 7.05. The maximum Gasteiger partial charge on any atom is 0.335 e. The summed E-state index contributed by atoms with van der Waals surface area (Å²) in [5.41, 5.74) is 5.41. The third kappa shape index (κ3) is 4.85. The van der Waals surface area contributed by atoms with Gasteiger partial charge in [-0.3, -0.25) is 0 Å². The number of carbonyl (C=O) groups excluding carboxylic acids is 1. The number of aliphatic carboxylic acids is 1. The lowest BCUT2D eigenvalue weighted by molar-refractivity contribution is -0.136. The number of hydrogen-bond acceptors (Lipinski definition) is 5. The molecular weight excluding hydrogens is 368 g/mol. The Morgan fingerprint density at radius 1 is 0.793 bits per heavy atom. The molecule has 0 bridgehead atoms. The SMILES string of the molecule is COC(=O)C1=C(Nc2ccc(C)cc2)CC(C(=O)O)=C(Nc2ccc(C)cc2)C1. The summed E-state index contributed by atoms with van der Waals surface area (Å²) >= 11 is 0. The molecule has 0 atom stereocenters. The van der Waals surface area contributed by atoms with Crippen molar-refractivity contribution < 1.29 is 19.4 Å². The Labute approximate surface area is 169 Å². The molecule has 6 heteroatoms. The van der Waals surface area contributed by atoms with E-state index < -0.39 is 11.9 Å². The van der Waals surface area contributed by atoms with Crippen molar-refractivity contribution in [2.45, 2.75) is 26.7 Å². The number of benzene rings is 2. The third-order valence-corrected chi connectivity index (χ3v) is 4.82. The van der Waals surface area contributed by atoms with Gasteiger partial charge in [-0.2, -0.15) is 0 Å². The van der Waals surface area contributed by atoms with Crippen LogP contribution < -0.4 is 10.6 Å². The summed E-state index contributed by atoms with van der Waals surface area (Å²) in [5, 5.41) is 16.1. The average molecular weight is 392 g/mol. The van der Waals surface area contributed by atoms with Gasteiger partial charge in [0.05, 0.1) is 18.3 Å². The molecule has 1 aliphatic rings. The third-order valence-electron chi connectivity index (χ3n) is 4.82. The van der Waals surface area contributed by atoms with Gasteiger partial charge in [0.15, 0.2) is 0 Å². The highest BCUT2D eigenvalue weighted by molar-refractivity contribution is 5.95. The van der Waals surface area contributed by atoms with Gasteiger partial charge >= 0.3 is 11.9 Å². The molecule has 150 valence electrons. The number of hydrogen-bond donors (Lipinski definition) is 3. The van der Waals surface area contributed by atoms with E-state index in [9.17, 15) is 14.7 Å². The zero-order valence-electron chi connectivity index (χ0n) is 16.7. The normalized spacial score (nSPS) is 13.9. The molecule has 3 N–H and O–H groups in total. The lowest BCUT2D eigenvalue weighted by Gasteiger charge is -2.25. The molecule has 1 aliphatic carbocycles. The van der Waals surface area contributed by atoms with Crippen molar-refractivity contribution in [3.63, 3.8) is 0 Å². The Morgan fingerprint density at radius 2 is 1.21 bits per heavy atom. The van der Waals surface area contributed by atoms with Crippen LogP contribution in [0.2, 0.25) is 0 Å². The second kappa shape index (κ2) is 8.65. The number of nitrogens with one attached hydrogen (secondary N) is 2. The van der Waals surface area contributed by atoms with E-state index in [1.807, 2.05) is 62.4 Å². The van der Waals surface area contributed by atoms with E-state index >= 15 is 0 Å². The second-order valence-electron chi connectivity index (χ2n) is 7.05. The van der Waals surface area contributed by atoms with Crippen molar-refractivity contribution in [1.82, 2.24) is 0 Å². The van der Waals surface area contributed by atoms with Gasteiger partial charge in [-0.15, -0.1) is 0 Å². The molecule has 29 heavy (non-hydrogen) atoms. The Kier molecular flexibility index (Phi) is 6.02. The number of anilines is 2. The molecule has 0 fully saturated rings. The maximum absolute atomic E-state index is 12.4.